The number of thioether (sulfide) groups is 1. The van der Waals surface area contributed by atoms with Gasteiger partial charge in [0.25, 0.3) is 0 Å². The summed E-state index contributed by atoms with van der Waals surface area (Å²) >= 11 is 1.73. The van der Waals surface area contributed by atoms with Crippen molar-refractivity contribution >= 4 is 23.6 Å². The summed E-state index contributed by atoms with van der Waals surface area (Å²) in [6.45, 7) is -0.994. The fourth-order valence-electron chi connectivity index (χ4n) is 1.49. The second-order valence-electron chi connectivity index (χ2n) is 4.10. The van der Waals surface area contributed by atoms with Crippen molar-refractivity contribution in [1.82, 2.24) is 16.0 Å². The van der Waals surface area contributed by atoms with Crippen molar-refractivity contribution in [2.24, 2.45) is 0 Å². The second kappa shape index (κ2) is 7.59. The molecule has 110 valence electrons. The van der Waals surface area contributed by atoms with Crippen LogP contribution in [-0.4, -0.2) is 55.2 Å². The first-order valence-corrected chi connectivity index (χ1v) is 6.93. The number of carbonyl (C=O) groups excluding carboxylic acids is 2. The molecule has 0 aromatic rings. The van der Waals surface area contributed by atoms with E-state index in [2.05, 4.69) is 10.6 Å². The SMILES string of the molecule is O=C(CNC(=O)CC1CSCCN1)NCC(F)(F)F. The van der Waals surface area contributed by atoms with E-state index < -0.39 is 25.2 Å². The topological polar surface area (TPSA) is 70.2 Å². The van der Waals surface area contributed by atoms with Crippen LogP contribution in [0.1, 0.15) is 6.42 Å². The van der Waals surface area contributed by atoms with Crippen molar-refractivity contribution in [3.05, 3.63) is 0 Å². The van der Waals surface area contributed by atoms with Crippen molar-refractivity contribution in [3.63, 3.8) is 0 Å². The summed E-state index contributed by atoms with van der Waals surface area (Å²) in [6.07, 6.45) is -4.22. The zero-order valence-corrected chi connectivity index (χ0v) is 11.0. The Bertz CT molecular complexity index is 320. The maximum atomic E-state index is 11.8. The maximum Gasteiger partial charge on any atom is 0.405 e. The van der Waals surface area contributed by atoms with E-state index in [1.165, 1.54) is 0 Å². The van der Waals surface area contributed by atoms with Crippen molar-refractivity contribution < 1.29 is 22.8 Å². The largest absolute Gasteiger partial charge is 0.405 e. The lowest BCUT2D eigenvalue weighted by Gasteiger charge is -2.22. The second-order valence-corrected chi connectivity index (χ2v) is 5.25. The Morgan fingerprint density at radius 1 is 1.26 bits per heavy atom. The van der Waals surface area contributed by atoms with Gasteiger partial charge in [0.05, 0.1) is 6.54 Å². The summed E-state index contributed by atoms with van der Waals surface area (Å²) < 4.78 is 35.4. The lowest BCUT2D eigenvalue weighted by atomic mass is 10.2. The van der Waals surface area contributed by atoms with Crippen LogP contribution < -0.4 is 16.0 Å². The Morgan fingerprint density at radius 3 is 2.58 bits per heavy atom. The Hall–Kier alpha value is -0.960. The van der Waals surface area contributed by atoms with Crippen LogP contribution in [0.2, 0.25) is 0 Å². The van der Waals surface area contributed by atoms with Gasteiger partial charge in [-0.25, -0.2) is 0 Å². The molecule has 1 saturated heterocycles. The van der Waals surface area contributed by atoms with E-state index in [0.717, 1.165) is 18.1 Å². The van der Waals surface area contributed by atoms with Gasteiger partial charge in [-0.3, -0.25) is 9.59 Å². The molecule has 0 aromatic heterocycles. The van der Waals surface area contributed by atoms with Gasteiger partial charge in [-0.1, -0.05) is 0 Å². The van der Waals surface area contributed by atoms with Gasteiger partial charge in [-0.2, -0.15) is 24.9 Å². The predicted octanol–water partition coefficient (Wildman–Crippen LogP) is -0.124. The quantitative estimate of drug-likeness (QED) is 0.662. The fraction of sp³-hybridized carbons (Fsp3) is 0.800. The van der Waals surface area contributed by atoms with Crippen LogP contribution in [-0.2, 0) is 9.59 Å². The first kappa shape index (κ1) is 16.1. The van der Waals surface area contributed by atoms with Crippen molar-refractivity contribution in [2.75, 3.05) is 31.1 Å². The molecular formula is C10H16F3N3O2S. The van der Waals surface area contributed by atoms with Crippen molar-refractivity contribution in [2.45, 2.75) is 18.6 Å². The number of halogens is 3. The Morgan fingerprint density at radius 2 is 2.00 bits per heavy atom. The third-order valence-corrected chi connectivity index (χ3v) is 3.49. The molecule has 1 fully saturated rings. The van der Waals surface area contributed by atoms with Gasteiger partial charge in [0.2, 0.25) is 11.8 Å². The molecule has 1 heterocycles. The van der Waals surface area contributed by atoms with Crippen LogP contribution in [0.3, 0.4) is 0 Å². The summed E-state index contributed by atoms with van der Waals surface area (Å²) in [5, 5.41) is 7.13. The van der Waals surface area contributed by atoms with Crippen LogP contribution >= 0.6 is 11.8 Å². The molecule has 0 bridgehead atoms. The van der Waals surface area contributed by atoms with Gasteiger partial charge in [0.1, 0.15) is 6.54 Å². The van der Waals surface area contributed by atoms with Crippen molar-refractivity contribution in [1.29, 1.82) is 0 Å². The summed E-state index contributed by atoms with van der Waals surface area (Å²) in [5.41, 5.74) is 0. The molecule has 9 heteroatoms. The summed E-state index contributed by atoms with van der Waals surface area (Å²) in [4.78, 5) is 22.5. The zero-order valence-electron chi connectivity index (χ0n) is 10.2. The number of hydrogen-bond acceptors (Lipinski definition) is 4. The molecule has 1 unspecified atom stereocenters. The average molecular weight is 299 g/mol. The van der Waals surface area contributed by atoms with Crippen LogP contribution in [0.15, 0.2) is 0 Å². The first-order valence-electron chi connectivity index (χ1n) is 5.78. The van der Waals surface area contributed by atoms with Gasteiger partial charge < -0.3 is 16.0 Å². The smallest absolute Gasteiger partial charge is 0.347 e. The van der Waals surface area contributed by atoms with E-state index in [1.807, 2.05) is 0 Å². The molecule has 1 aliphatic rings. The molecule has 0 aliphatic carbocycles. The minimum atomic E-state index is -4.44. The molecular weight excluding hydrogens is 283 g/mol. The molecule has 0 aromatic carbocycles. The standard InChI is InChI=1S/C10H16F3N3O2S/c11-10(12,13)6-16-9(18)4-15-8(17)3-7-5-19-2-1-14-7/h7,14H,1-6H2,(H,15,17)(H,16,18). The van der Waals surface area contributed by atoms with Gasteiger partial charge in [0, 0.05) is 30.5 Å². The van der Waals surface area contributed by atoms with E-state index in [4.69, 9.17) is 0 Å². The lowest BCUT2D eigenvalue weighted by molar-refractivity contribution is -0.138. The van der Waals surface area contributed by atoms with Crippen LogP contribution in [0.5, 0.6) is 0 Å². The average Bonchev–Trinajstić information content (AvgIpc) is 2.34. The first-order chi connectivity index (χ1) is 8.87. The fourth-order valence-corrected chi connectivity index (χ4v) is 2.44. The third-order valence-electron chi connectivity index (χ3n) is 2.36. The highest BCUT2D eigenvalue weighted by atomic mass is 32.2. The lowest BCUT2D eigenvalue weighted by Crippen LogP contribution is -2.44. The number of hydrogen-bond donors (Lipinski definition) is 3. The van der Waals surface area contributed by atoms with Crippen molar-refractivity contribution in [3.8, 4) is 0 Å². The monoisotopic (exact) mass is 299 g/mol. The maximum absolute atomic E-state index is 11.8. The molecule has 3 N–H and O–H groups in total. The molecule has 1 aliphatic heterocycles. The molecule has 0 radical (unpaired) electrons. The van der Waals surface area contributed by atoms with E-state index >= 15 is 0 Å². The van der Waals surface area contributed by atoms with Gasteiger partial charge >= 0.3 is 6.18 Å². The summed E-state index contributed by atoms with van der Waals surface area (Å²) in [7, 11) is 0. The summed E-state index contributed by atoms with van der Waals surface area (Å²) in [5.74, 6) is 0.616. The minimum absolute atomic E-state index is 0.0528. The minimum Gasteiger partial charge on any atom is -0.347 e. The molecule has 2 amide bonds. The molecule has 5 nitrogen and oxygen atoms in total. The number of carbonyl (C=O) groups is 2. The predicted molar refractivity (Wildman–Crippen MR) is 65.8 cm³/mol. The van der Waals surface area contributed by atoms with Gasteiger partial charge in [0.15, 0.2) is 0 Å². The highest BCUT2D eigenvalue weighted by molar-refractivity contribution is 7.99. The highest BCUT2D eigenvalue weighted by Crippen LogP contribution is 2.12. The van der Waals surface area contributed by atoms with Gasteiger partial charge in [-0.15, -0.1) is 0 Å². The Labute approximate surface area is 113 Å². The third kappa shape index (κ3) is 7.93. The van der Waals surface area contributed by atoms with E-state index in [1.54, 1.807) is 17.1 Å². The zero-order chi connectivity index (χ0) is 14.3. The number of alkyl halides is 3. The molecule has 1 rings (SSSR count). The molecule has 0 spiro atoms. The normalized spacial score (nSPS) is 19.8. The Balaban J connectivity index is 2.13. The number of rotatable bonds is 5. The van der Waals surface area contributed by atoms with Crippen LogP contribution in [0.4, 0.5) is 13.2 Å². The van der Waals surface area contributed by atoms with Gasteiger partial charge in [-0.05, 0) is 0 Å². The number of nitrogens with one attached hydrogen (secondary N) is 3. The summed E-state index contributed by atoms with van der Waals surface area (Å²) in [6, 6.07) is 0.0528. The van der Waals surface area contributed by atoms with E-state index in [-0.39, 0.29) is 18.4 Å². The molecule has 19 heavy (non-hydrogen) atoms. The Kier molecular flexibility index (Phi) is 6.43. The molecule has 0 saturated carbocycles. The van der Waals surface area contributed by atoms with E-state index in [0.29, 0.717) is 0 Å². The highest BCUT2D eigenvalue weighted by Gasteiger charge is 2.27. The molecule has 1 atom stereocenters. The number of amides is 2. The van der Waals surface area contributed by atoms with Crippen LogP contribution in [0.25, 0.3) is 0 Å². The van der Waals surface area contributed by atoms with E-state index in [9.17, 15) is 22.8 Å². The van der Waals surface area contributed by atoms with Crippen LogP contribution in [0, 0.1) is 0 Å².